The minimum atomic E-state index is -0.335. The molecule has 4 heteroatoms. The summed E-state index contributed by atoms with van der Waals surface area (Å²) in [6.07, 6.45) is 2.33. The van der Waals surface area contributed by atoms with E-state index in [0.717, 1.165) is 12.1 Å². The van der Waals surface area contributed by atoms with Crippen molar-refractivity contribution < 1.29 is 9.53 Å². The van der Waals surface area contributed by atoms with Gasteiger partial charge in [0.25, 0.3) is 0 Å². The molecule has 0 bridgehead atoms. The van der Waals surface area contributed by atoms with Crippen molar-refractivity contribution in [2.45, 2.75) is 6.42 Å². The number of esters is 1. The molecule has 0 amide bonds. The van der Waals surface area contributed by atoms with E-state index in [9.17, 15) is 4.79 Å². The molecule has 0 saturated heterocycles. The van der Waals surface area contributed by atoms with Crippen LogP contribution in [-0.2, 0) is 11.2 Å². The van der Waals surface area contributed by atoms with Gasteiger partial charge in [0.05, 0.1) is 5.56 Å². The number of pyridine rings is 1. The maximum atomic E-state index is 11.6. The standard InChI is InChI=1S/C15H14BrNO2/c16-8-9-19-15(18)13-6-7-14(17-11-13)10-12-4-2-1-3-5-12/h1-7,11H,8-10H2. The summed E-state index contributed by atoms with van der Waals surface area (Å²) >= 11 is 3.21. The Balaban J connectivity index is 2.00. The summed E-state index contributed by atoms with van der Waals surface area (Å²) in [5.41, 5.74) is 2.62. The molecular weight excluding hydrogens is 306 g/mol. The predicted octanol–water partition coefficient (Wildman–Crippen LogP) is 3.22. The Morgan fingerprint density at radius 3 is 2.58 bits per heavy atom. The lowest BCUT2D eigenvalue weighted by Crippen LogP contribution is -2.07. The van der Waals surface area contributed by atoms with Crippen molar-refractivity contribution in [2.75, 3.05) is 11.9 Å². The van der Waals surface area contributed by atoms with Crippen LogP contribution in [0.25, 0.3) is 0 Å². The summed E-state index contributed by atoms with van der Waals surface area (Å²) in [4.78, 5) is 15.9. The average molecular weight is 320 g/mol. The first-order valence-corrected chi connectivity index (χ1v) is 7.13. The maximum absolute atomic E-state index is 11.6. The number of rotatable bonds is 5. The number of alkyl halides is 1. The van der Waals surface area contributed by atoms with E-state index in [4.69, 9.17) is 4.74 Å². The van der Waals surface area contributed by atoms with Crippen molar-refractivity contribution in [2.24, 2.45) is 0 Å². The Kier molecular flexibility index (Phi) is 5.10. The zero-order valence-electron chi connectivity index (χ0n) is 10.4. The molecule has 1 aromatic carbocycles. The fourth-order valence-corrected chi connectivity index (χ4v) is 1.83. The number of halogens is 1. The second-order valence-corrected chi connectivity index (χ2v) is 4.82. The number of aromatic nitrogens is 1. The summed E-state index contributed by atoms with van der Waals surface area (Å²) in [5, 5.41) is 0.637. The van der Waals surface area contributed by atoms with E-state index in [2.05, 4.69) is 33.0 Å². The third-order valence-electron chi connectivity index (χ3n) is 2.60. The fraction of sp³-hybridized carbons (Fsp3) is 0.200. The van der Waals surface area contributed by atoms with Crippen LogP contribution < -0.4 is 0 Å². The van der Waals surface area contributed by atoms with Gasteiger partial charge >= 0.3 is 5.97 Å². The monoisotopic (exact) mass is 319 g/mol. The number of carbonyl (C=O) groups is 1. The molecule has 0 spiro atoms. The number of hydrogen-bond donors (Lipinski definition) is 0. The first-order chi connectivity index (χ1) is 9.29. The van der Waals surface area contributed by atoms with E-state index in [1.165, 1.54) is 5.56 Å². The largest absolute Gasteiger partial charge is 0.461 e. The van der Waals surface area contributed by atoms with Gasteiger partial charge in [0, 0.05) is 23.6 Å². The van der Waals surface area contributed by atoms with E-state index >= 15 is 0 Å². The van der Waals surface area contributed by atoms with E-state index in [0.29, 0.717) is 17.5 Å². The topological polar surface area (TPSA) is 39.2 Å². The minimum Gasteiger partial charge on any atom is -0.461 e. The van der Waals surface area contributed by atoms with Crippen LogP contribution in [0.3, 0.4) is 0 Å². The van der Waals surface area contributed by atoms with Crippen molar-refractivity contribution in [3.63, 3.8) is 0 Å². The quantitative estimate of drug-likeness (QED) is 0.627. The summed E-state index contributed by atoms with van der Waals surface area (Å²) in [6.45, 7) is 0.366. The second-order valence-electron chi connectivity index (χ2n) is 4.03. The Hall–Kier alpha value is -1.68. The number of nitrogens with zero attached hydrogens (tertiary/aromatic N) is 1. The first-order valence-electron chi connectivity index (χ1n) is 6.01. The molecule has 0 radical (unpaired) electrons. The smallest absolute Gasteiger partial charge is 0.339 e. The molecule has 0 aliphatic carbocycles. The lowest BCUT2D eigenvalue weighted by atomic mass is 10.1. The van der Waals surface area contributed by atoms with Gasteiger partial charge in [0.1, 0.15) is 6.61 Å². The number of carbonyl (C=O) groups excluding carboxylic acids is 1. The van der Waals surface area contributed by atoms with E-state index in [-0.39, 0.29) is 5.97 Å². The van der Waals surface area contributed by atoms with Crippen molar-refractivity contribution >= 4 is 21.9 Å². The van der Waals surface area contributed by atoms with Gasteiger partial charge in [-0.1, -0.05) is 46.3 Å². The molecule has 0 aliphatic heterocycles. The summed E-state index contributed by atoms with van der Waals surface area (Å²) in [6, 6.07) is 13.7. The van der Waals surface area contributed by atoms with Gasteiger partial charge in [-0.2, -0.15) is 0 Å². The van der Waals surface area contributed by atoms with Crippen LogP contribution in [0.1, 0.15) is 21.6 Å². The van der Waals surface area contributed by atoms with Gasteiger partial charge in [-0.25, -0.2) is 4.79 Å². The fourth-order valence-electron chi connectivity index (χ4n) is 1.67. The van der Waals surface area contributed by atoms with E-state index < -0.39 is 0 Å². The molecule has 0 atom stereocenters. The second kappa shape index (κ2) is 7.04. The molecular formula is C15H14BrNO2. The van der Waals surface area contributed by atoms with Gasteiger partial charge in [-0.15, -0.1) is 0 Å². The molecule has 0 unspecified atom stereocenters. The maximum Gasteiger partial charge on any atom is 0.339 e. The van der Waals surface area contributed by atoms with Crippen molar-refractivity contribution in [1.82, 2.24) is 4.98 Å². The Morgan fingerprint density at radius 1 is 1.16 bits per heavy atom. The Morgan fingerprint density at radius 2 is 1.95 bits per heavy atom. The molecule has 0 N–H and O–H groups in total. The average Bonchev–Trinajstić information content (AvgIpc) is 2.46. The number of benzene rings is 1. The molecule has 3 nitrogen and oxygen atoms in total. The summed E-state index contributed by atoms with van der Waals surface area (Å²) in [5.74, 6) is -0.335. The van der Waals surface area contributed by atoms with Crippen LogP contribution in [0.2, 0.25) is 0 Å². The summed E-state index contributed by atoms with van der Waals surface area (Å²) in [7, 11) is 0. The molecule has 0 fully saturated rings. The Bertz CT molecular complexity index is 526. The van der Waals surface area contributed by atoms with Crippen LogP contribution in [-0.4, -0.2) is 22.9 Å². The van der Waals surface area contributed by atoms with Gasteiger partial charge in [-0.05, 0) is 17.7 Å². The van der Waals surface area contributed by atoms with Gasteiger partial charge in [0.15, 0.2) is 0 Å². The highest BCUT2D eigenvalue weighted by Gasteiger charge is 2.07. The van der Waals surface area contributed by atoms with Crippen LogP contribution in [0.4, 0.5) is 0 Å². The molecule has 0 saturated carbocycles. The predicted molar refractivity (Wildman–Crippen MR) is 77.6 cm³/mol. The van der Waals surface area contributed by atoms with Crippen LogP contribution in [0.5, 0.6) is 0 Å². The third-order valence-corrected chi connectivity index (χ3v) is 2.92. The van der Waals surface area contributed by atoms with E-state index in [1.807, 2.05) is 24.3 Å². The first kappa shape index (κ1) is 13.7. The highest BCUT2D eigenvalue weighted by Crippen LogP contribution is 2.08. The summed E-state index contributed by atoms with van der Waals surface area (Å²) < 4.78 is 5.01. The molecule has 0 aliphatic rings. The highest BCUT2D eigenvalue weighted by molar-refractivity contribution is 9.09. The SMILES string of the molecule is O=C(OCCBr)c1ccc(Cc2ccccc2)nc1. The van der Waals surface area contributed by atoms with Crippen molar-refractivity contribution in [3.05, 3.63) is 65.5 Å². The number of hydrogen-bond acceptors (Lipinski definition) is 3. The van der Waals surface area contributed by atoms with Gasteiger partial charge < -0.3 is 4.74 Å². The van der Waals surface area contributed by atoms with Crippen LogP contribution >= 0.6 is 15.9 Å². The highest BCUT2D eigenvalue weighted by atomic mass is 79.9. The van der Waals surface area contributed by atoms with Crippen molar-refractivity contribution in [3.8, 4) is 0 Å². The molecule has 19 heavy (non-hydrogen) atoms. The van der Waals surface area contributed by atoms with Crippen LogP contribution in [0, 0.1) is 0 Å². The minimum absolute atomic E-state index is 0.335. The third kappa shape index (κ3) is 4.17. The molecule has 2 rings (SSSR count). The molecule has 1 aromatic heterocycles. The lowest BCUT2D eigenvalue weighted by Gasteiger charge is -2.04. The van der Waals surface area contributed by atoms with Gasteiger partial charge in [-0.3, -0.25) is 4.98 Å². The number of ether oxygens (including phenoxy) is 1. The molecule has 2 aromatic rings. The van der Waals surface area contributed by atoms with E-state index in [1.54, 1.807) is 12.3 Å². The van der Waals surface area contributed by atoms with Gasteiger partial charge in [0.2, 0.25) is 0 Å². The Labute approximate surface area is 120 Å². The zero-order valence-corrected chi connectivity index (χ0v) is 12.0. The lowest BCUT2D eigenvalue weighted by molar-refractivity contribution is 0.0531. The van der Waals surface area contributed by atoms with Crippen LogP contribution in [0.15, 0.2) is 48.7 Å². The normalized spacial score (nSPS) is 10.2. The van der Waals surface area contributed by atoms with Crippen molar-refractivity contribution in [1.29, 1.82) is 0 Å². The zero-order chi connectivity index (χ0) is 13.5. The molecule has 1 heterocycles. The molecule has 98 valence electrons.